The molecule has 0 aliphatic carbocycles. The normalized spacial score (nSPS) is 16.5. The predicted molar refractivity (Wildman–Crippen MR) is 103 cm³/mol. The number of aromatic nitrogens is 2. The fraction of sp³-hybridized carbons (Fsp3) is 0.579. The molecule has 1 amide bonds. The van der Waals surface area contributed by atoms with Crippen molar-refractivity contribution in [3.8, 4) is 0 Å². The summed E-state index contributed by atoms with van der Waals surface area (Å²) < 4.78 is 8.72. The molecule has 0 aromatic carbocycles. The van der Waals surface area contributed by atoms with Crippen molar-refractivity contribution in [3.05, 3.63) is 28.1 Å². The van der Waals surface area contributed by atoms with Crippen LogP contribution in [0.3, 0.4) is 0 Å². The van der Waals surface area contributed by atoms with Crippen LogP contribution in [0.5, 0.6) is 0 Å². The molecule has 0 spiro atoms. The van der Waals surface area contributed by atoms with E-state index in [0.717, 1.165) is 36.2 Å². The Kier molecular flexibility index (Phi) is 4.84. The standard InChI is InChI=1S/C19H26BrN3O2/c1-12-11-23(17-13(2)21-16(20)10-15(12)17)14-6-8-22(9-7-14)18(24)25-19(3,4)5/h10-11,14H,6-9H2,1-5H3. The highest BCUT2D eigenvalue weighted by Gasteiger charge is 2.28. The van der Waals surface area contributed by atoms with E-state index in [-0.39, 0.29) is 6.09 Å². The second kappa shape index (κ2) is 6.63. The van der Waals surface area contributed by atoms with E-state index in [1.165, 1.54) is 16.5 Å². The first kappa shape index (κ1) is 18.2. The van der Waals surface area contributed by atoms with Gasteiger partial charge in [-0.25, -0.2) is 9.78 Å². The Hall–Kier alpha value is -1.56. The zero-order valence-electron chi connectivity index (χ0n) is 15.6. The number of carbonyl (C=O) groups excluding carboxylic acids is 1. The largest absolute Gasteiger partial charge is 0.444 e. The van der Waals surface area contributed by atoms with Crippen LogP contribution in [0.25, 0.3) is 10.9 Å². The lowest BCUT2D eigenvalue weighted by atomic mass is 10.0. The van der Waals surface area contributed by atoms with E-state index in [0.29, 0.717) is 6.04 Å². The van der Waals surface area contributed by atoms with Crippen LogP contribution in [0.15, 0.2) is 16.9 Å². The van der Waals surface area contributed by atoms with Gasteiger partial charge in [0, 0.05) is 30.7 Å². The first-order chi connectivity index (χ1) is 11.7. The number of nitrogens with zero attached hydrogens (tertiary/aromatic N) is 3. The highest BCUT2D eigenvalue weighted by molar-refractivity contribution is 9.10. The Morgan fingerprint density at radius 3 is 2.52 bits per heavy atom. The van der Waals surface area contributed by atoms with E-state index in [1.807, 2.05) is 25.7 Å². The van der Waals surface area contributed by atoms with Crippen molar-refractivity contribution >= 4 is 32.9 Å². The molecule has 136 valence electrons. The lowest BCUT2D eigenvalue weighted by molar-refractivity contribution is 0.0189. The average molecular weight is 408 g/mol. The van der Waals surface area contributed by atoms with Gasteiger partial charge < -0.3 is 14.2 Å². The first-order valence-electron chi connectivity index (χ1n) is 8.78. The Bertz CT molecular complexity index is 799. The third kappa shape index (κ3) is 3.84. The zero-order chi connectivity index (χ0) is 18.4. The number of fused-ring (bicyclic) bond motifs is 1. The number of piperidine rings is 1. The molecule has 0 unspecified atom stereocenters. The van der Waals surface area contributed by atoms with E-state index < -0.39 is 5.60 Å². The quantitative estimate of drug-likeness (QED) is 0.625. The number of amides is 1. The van der Waals surface area contributed by atoms with Crippen LogP contribution in [-0.4, -0.2) is 39.2 Å². The van der Waals surface area contributed by atoms with E-state index in [9.17, 15) is 4.79 Å². The summed E-state index contributed by atoms with van der Waals surface area (Å²) in [6.45, 7) is 11.4. The third-order valence-corrected chi connectivity index (χ3v) is 5.07. The van der Waals surface area contributed by atoms with Gasteiger partial charge in [0.2, 0.25) is 0 Å². The van der Waals surface area contributed by atoms with E-state index in [4.69, 9.17) is 4.74 Å². The monoisotopic (exact) mass is 407 g/mol. The van der Waals surface area contributed by atoms with Crippen LogP contribution in [0.2, 0.25) is 0 Å². The van der Waals surface area contributed by atoms with Crippen LogP contribution in [0.4, 0.5) is 4.79 Å². The van der Waals surface area contributed by atoms with Crippen molar-refractivity contribution in [2.24, 2.45) is 0 Å². The molecular formula is C19H26BrN3O2. The van der Waals surface area contributed by atoms with Gasteiger partial charge in [-0.3, -0.25) is 0 Å². The molecule has 3 rings (SSSR count). The summed E-state index contributed by atoms with van der Waals surface area (Å²) in [4.78, 5) is 18.6. The van der Waals surface area contributed by atoms with Gasteiger partial charge in [-0.2, -0.15) is 0 Å². The number of rotatable bonds is 1. The molecule has 1 saturated heterocycles. The van der Waals surface area contributed by atoms with Gasteiger partial charge in [-0.05, 0) is 75.0 Å². The maximum atomic E-state index is 12.2. The van der Waals surface area contributed by atoms with Crippen LogP contribution in [0.1, 0.15) is 50.9 Å². The maximum Gasteiger partial charge on any atom is 0.410 e. The fourth-order valence-electron chi connectivity index (χ4n) is 3.54. The predicted octanol–water partition coefficient (Wildman–Crippen LogP) is 4.99. The number of aryl methyl sites for hydroxylation is 2. The Labute approximate surface area is 157 Å². The maximum absolute atomic E-state index is 12.2. The molecule has 0 atom stereocenters. The van der Waals surface area contributed by atoms with Crippen LogP contribution in [-0.2, 0) is 4.74 Å². The Morgan fingerprint density at radius 1 is 1.28 bits per heavy atom. The van der Waals surface area contributed by atoms with Gasteiger partial charge in [0.1, 0.15) is 10.2 Å². The zero-order valence-corrected chi connectivity index (χ0v) is 17.2. The Morgan fingerprint density at radius 2 is 1.92 bits per heavy atom. The number of hydrogen-bond donors (Lipinski definition) is 0. The molecule has 25 heavy (non-hydrogen) atoms. The number of likely N-dealkylation sites (tertiary alicyclic amines) is 1. The Balaban J connectivity index is 1.78. The molecule has 2 aromatic heterocycles. The number of pyridine rings is 1. The van der Waals surface area contributed by atoms with Crippen molar-refractivity contribution in [3.63, 3.8) is 0 Å². The number of halogens is 1. The highest BCUT2D eigenvalue weighted by Crippen LogP contribution is 2.32. The summed E-state index contributed by atoms with van der Waals surface area (Å²) in [7, 11) is 0. The van der Waals surface area contributed by atoms with Crippen molar-refractivity contribution in [2.45, 2.75) is 59.1 Å². The van der Waals surface area contributed by atoms with Gasteiger partial charge >= 0.3 is 6.09 Å². The van der Waals surface area contributed by atoms with Crippen LogP contribution < -0.4 is 0 Å². The third-order valence-electron chi connectivity index (χ3n) is 4.66. The van der Waals surface area contributed by atoms with Crippen molar-refractivity contribution < 1.29 is 9.53 Å². The van der Waals surface area contributed by atoms with Crippen molar-refractivity contribution in [2.75, 3.05) is 13.1 Å². The summed E-state index contributed by atoms with van der Waals surface area (Å²) in [6, 6.07) is 2.47. The molecule has 0 saturated carbocycles. The summed E-state index contributed by atoms with van der Waals surface area (Å²) >= 11 is 3.49. The lowest BCUT2D eigenvalue weighted by Gasteiger charge is -2.34. The number of ether oxygens (including phenoxy) is 1. The molecule has 1 aliphatic rings. The summed E-state index contributed by atoms with van der Waals surface area (Å²) in [5.41, 5.74) is 3.05. The SMILES string of the molecule is Cc1cn(C2CCN(C(=O)OC(C)(C)C)CC2)c2c(C)nc(Br)cc12. The molecule has 6 heteroatoms. The number of carbonyl (C=O) groups is 1. The second-order valence-corrected chi connectivity index (χ2v) is 8.66. The first-order valence-corrected chi connectivity index (χ1v) is 9.57. The summed E-state index contributed by atoms with van der Waals surface area (Å²) in [5, 5.41) is 1.24. The molecule has 2 aromatic rings. The van der Waals surface area contributed by atoms with Gasteiger partial charge in [0.25, 0.3) is 0 Å². The molecule has 0 radical (unpaired) electrons. The average Bonchev–Trinajstić information content (AvgIpc) is 2.83. The minimum Gasteiger partial charge on any atom is -0.444 e. The summed E-state index contributed by atoms with van der Waals surface area (Å²) in [5.74, 6) is 0. The molecule has 3 heterocycles. The van der Waals surface area contributed by atoms with Crippen LogP contribution in [0, 0.1) is 13.8 Å². The molecular weight excluding hydrogens is 382 g/mol. The lowest BCUT2D eigenvalue weighted by Crippen LogP contribution is -2.42. The molecule has 0 N–H and O–H groups in total. The fourth-order valence-corrected chi connectivity index (χ4v) is 4.03. The van der Waals surface area contributed by atoms with Gasteiger partial charge in [-0.1, -0.05) is 0 Å². The number of hydrogen-bond acceptors (Lipinski definition) is 3. The molecule has 5 nitrogen and oxygen atoms in total. The highest BCUT2D eigenvalue weighted by atomic mass is 79.9. The molecule has 1 aliphatic heterocycles. The van der Waals surface area contributed by atoms with Gasteiger partial charge in [0.05, 0.1) is 11.2 Å². The van der Waals surface area contributed by atoms with E-state index in [2.05, 4.69) is 51.6 Å². The summed E-state index contributed by atoms with van der Waals surface area (Å²) in [6.07, 6.45) is 3.87. The van der Waals surface area contributed by atoms with Crippen molar-refractivity contribution in [1.82, 2.24) is 14.5 Å². The molecule has 1 fully saturated rings. The minimum atomic E-state index is -0.447. The topological polar surface area (TPSA) is 47.4 Å². The smallest absolute Gasteiger partial charge is 0.410 e. The minimum absolute atomic E-state index is 0.207. The van der Waals surface area contributed by atoms with Gasteiger partial charge in [0.15, 0.2) is 0 Å². The van der Waals surface area contributed by atoms with Crippen LogP contribution >= 0.6 is 15.9 Å². The van der Waals surface area contributed by atoms with Gasteiger partial charge in [-0.15, -0.1) is 0 Å². The molecule has 0 bridgehead atoms. The van der Waals surface area contributed by atoms with Crippen molar-refractivity contribution in [1.29, 1.82) is 0 Å². The second-order valence-electron chi connectivity index (χ2n) is 7.84. The van der Waals surface area contributed by atoms with E-state index >= 15 is 0 Å². The van der Waals surface area contributed by atoms with E-state index in [1.54, 1.807) is 0 Å².